The summed E-state index contributed by atoms with van der Waals surface area (Å²) in [6.07, 6.45) is 4.33. The van der Waals surface area contributed by atoms with Crippen LogP contribution in [-0.4, -0.2) is 6.04 Å². The minimum Gasteiger partial charge on any atom is -0.324 e. The first kappa shape index (κ1) is 10.2. The van der Waals surface area contributed by atoms with Crippen LogP contribution in [0.2, 0.25) is 0 Å². The van der Waals surface area contributed by atoms with E-state index in [1.807, 2.05) is 6.07 Å². The van der Waals surface area contributed by atoms with Crippen molar-refractivity contribution in [3.63, 3.8) is 0 Å². The van der Waals surface area contributed by atoms with Crippen LogP contribution in [0.3, 0.4) is 0 Å². The zero-order valence-electron chi connectivity index (χ0n) is 9.27. The molecule has 2 unspecified atom stereocenters. The zero-order chi connectivity index (χ0) is 10.8. The van der Waals surface area contributed by atoms with Gasteiger partial charge in [0.2, 0.25) is 0 Å². The van der Waals surface area contributed by atoms with Crippen molar-refractivity contribution in [2.75, 3.05) is 0 Å². The van der Waals surface area contributed by atoms with Gasteiger partial charge in [0, 0.05) is 12.0 Å². The van der Waals surface area contributed by atoms with E-state index in [2.05, 4.69) is 50.3 Å². The van der Waals surface area contributed by atoms with Gasteiger partial charge in [-0.15, -0.1) is 0 Å². The van der Waals surface area contributed by atoms with Gasteiger partial charge in [-0.2, -0.15) is 0 Å². The molecule has 2 atom stereocenters. The summed E-state index contributed by atoms with van der Waals surface area (Å²) in [5.74, 6) is 0.400. The molecule has 1 aromatic rings. The maximum absolute atomic E-state index is 6.14. The number of allylic oxidation sites excluding steroid dienone is 2. The van der Waals surface area contributed by atoms with Gasteiger partial charge in [-0.05, 0) is 18.1 Å². The Bertz CT molecular complexity index is 401. The molecule has 0 heterocycles. The quantitative estimate of drug-likeness (QED) is 0.739. The summed E-state index contributed by atoms with van der Waals surface area (Å²) in [6, 6.07) is 10.6. The Hall–Kier alpha value is -1.34. The lowest BCUT2D eigenvalue weighted by atomic mass is 9.82. The smallest absolute Gasteiger partial charge is 0.0321 e. The van der Waals surface area contributed by atoms with Crippen LogP contribution in [0.15, 0.2) is 48.1 Å². The van der Waals surface area contributed by atoms with Gasteiger partial charge >= 0.3 is 0 Å². The molecular weight excluding hydrogens is 182 g/mol. The van der Waals surface area contributed by atoms with Crippen molar-refractivity contribution >= 4 is 5.57 Å². The molecule has 2 rings (SSSR count). The van der Waals surface area contributed by atoms with Gasteiger partial charge in [0.15, 0.2) is 0 Å². The van der Waals surface area contributed by atoms with E-state index in [0.29, 0.717) is 5.92 Å². The molecule has 78 valence electrons. The standard InChI is InChI=1S/C14H17N/c1-10-8-9-13(11(2)14(10)15)12-6-4-3-5-7-12/h3-9,11,14H,15H2,1-2H3. The lowest BCUT2D eigenvalue weighted by Crippen LogP contribution is -2.31. The fraction of sp³-hybridized carbons (Fsp3) is 0.286. The van der Waals surface area contributed by atoms with Gasteiger partial charge in [0.05, 0.1) is 0 Å². The monoisotopic (exact) mass is 199 g/mol. The van der Waals surface area contributed by atoms with Crippen LogP contribution in [0.4, 0.5) is 0 Å². The summed E-state index contributed by atoms with van der Waals surface area (Å²) in [4.78, 5) is 0. The molecule has 1 aromatic carbocycles. The average Bonchev–Trinajstić information content (AvgIpc) is 2.27. The minimum absolute atomic E-state index is 0.158. The third-order valence-corrected chi connectivity index (χ3v) is 3.19. The summed E-state index contributed by atoms with van der Waals surface area (Å²) in [5.41, 5.74) is 10.0. The molecule has 0 saturated carbocycles. The molecule has 0 fully saturated rings. The molecule has 0 amide bonds. The molecule has 1 aliphatic rings. The third-order valence-electron chi connectivity index (χ3n) is 3.19. The Morgan fingerprint density at radius 3 is 2.40 bits per heavy atom. The number of rotatable bonds is 1. The molecule has 0 aliphatic heterocycles. The summed E-state index contributed by atoms with van der Waals surface area (Å²) in [6.45, 7) is 4.29. The van der Waals surface area contributed by atoms with Crippen molar-refractivity contribution in [3.8, 4) is 0 Å². The Morgan fingerprint density at radius 1 is 1.07 bits per heavy atom. The van der Waals surface area contributed by atoms with Gasteiger partial charge < -0.3 is 5.73 Å². The highest BCUT2D eigenvalue weighted by molar-refractivity contribution is 5.71. The van der Waals surface area contributed by atoms with E-state index in [9.17, 15) is 0 Å². The van der Waals surface area contributed by atoms with Crippen LogP contribution in [0.5, 0.6) is 0 Å². The number of nitrogens with two attached hydrogens (primary N) is 1. The van der Waals surface area contributed by atoms with Crippen LogP contribution in [0, 0.1) is 5.92 Å². The van der Waals surface area contributed by atoms with Crippen LogP contribution < -0.4 is 5.73 Å². The molecule has 0 saturated heterocycles. The highest BCUT2D eigenvalue weighted by Crippen LogP contribution is 2.31. The lowest BCUT2D eigenvalue weighted by molar-refractivity contribution is 0.612. The molecule has 1 aliphatic carbocycles. The van der Waals surface area contributed by atoms with Gasteiger partial charge in [-0.3, -0.25) is 0 Å². The first-order chi connectivity index (χ1) is 7.20. The number of benzene rings is 1. The molecule has 15 heavy (non-hydrogen) atoms. The molecule has 1 nitrogen and oxygen atoms in total. The van der Waals surface area contributed by atoms with Crippen LogP contribution in [0.25, 0.3) is 5.57 Å². The van der Waals surface area contributed by atoms with E-state index in [0.717, 1.165) is 0 Å². The first-order valence-electron chi connectivity index (χ1n) is 5.39. The minimum atomic E-state index is 0.158. The summed E-state index contributed by atoms with van der Waals surface area (Å²) in [5, 5.41) is 0. The van der Waals surface area contributed by atoms with E-state index >= 15 is 0 Å². The topological polar surface area (TPSA) is 26.0 Å². The SMILES string of the molecule is CC1=CC=C(c2ccccc2)C(C)C1N. The van der Waals surface area contributed by atoms with Crippen molar-refractivity contribution in [3.05, 3.63) is 53.6 Å². The van der Waals surface area contributed by atoms with E-state index in [1.165, 1.54) is 16.7 Å². The van der Waals surface area contributed by atoms with Crippen molar-refractivity contribution < 1.29 is 0 Å². The second-order valence-corrected chi connectivity index (χ2v) is 4.21. The van der Waals surface area contributed by atoms with E-state index in [-0.39, 0.29) is 6.04 Å². The molecule has 0 aromatic heterocycles. The van der Waals surface area contributed by atoms with E-state index in [4.69, 9.17) is 5.73 Å². The Labute approximate surface area is 91.3 Å². The second-order valence-electron chi connectivity index (χ2n) is 4.21. The van der Waals surface area contributed by atoms with Crippen molar-refractivity contribution in [1.82, 2.24) is 0 Å². The summed E-state index contributed by atoms with van der Waals surface area (Å²) in [7, 11) is 0. The normalized spacial score (nSPS) is 25.8. The first-order valence-corrected chi connectivity index (χ1v) is 5.39. The third kappa shape index (κ3) is 1.88. The molecule has 0 spiro atoms. The van der Waals surface area contributed by atoms with Gasteiger partial charge in [0.25, 0.3) is 0 Å². The summed E-state index contributed by atoms with van der Waals surface area (Å²) < 4.78 is 0. The molecule has 1 heteroatoms. The second kappa shape index (κ2) is 4.03. The Morgan fingerprint density at radius 2 is 1.73 bits per heavy atom. The number of hydrogen-bond acceptors (Lipinski definition) is 1. The molecule has 2 N–H and O–H groups in total. The Balaban J connectivity index is 2.39. The van der Waals surface area contributed by atoms with Crippen LogP contribution in [0.1, 0.15) is 19.4 Å². The maximum Gasteiger partial charge on any atom is 0.0321 e. The number of hydrogen-bond donors (Lipinski definition) is 1. The van der Waals surface area contributed by atoms with E-state index < -0.39 is 0 Å². The van der Waals surface area contributed by atoms with Crippen molar-refractivity contribution in [1.29, 1.82) is 0 Å². The van der Waals surface area contributed by atoms with Crippen molar-refractivity contribution in [2.45, 2.75) is 19.9 Å². The predicted molar refractivity (Wildman–Crippen MR) is 65.3 cm³/mol. The largest absolute Gasteiger partial charge is 0.324 e. The highest BCUT2D eigenvalue weighted by atomic mass is 14.7. The maximum atomic E-state index is 6.14. The average molecular weight is 199 g/mol. The Kier molecular flexibility index (Phi) is 2.74. The molecule has 0 bridgehead atoms. The van der Waals surface area contributed by atoms with Crippen molar-refractivity contribution in [2.24, 2.45) is 11.7 Å². The summed E-state index contributed by atoms with van der Waals surface area (Å²) >= 11 is 0. The predicted octanol–water partition coefficient (Wildman–Crippen LogP) is 2.99. The molecular formula is C14H17N. The fourth-order valence-electron chi connectivity index (χ4n) is 2.06. The fourth-order valence-corrected chi connectivity index (χ4v) is 2.06. The lowest BCUT2D eigenvalue weighted by Gasteiger charge is -2.27. The van der Waals surface area contributed by atoms with E-state index in [1.54, 1.807) is 0 Å². The molecule has 0 radical (unpaired) electrons. The van der Waals surface area contributed by atoms with Crippen LogP contribution in [-0.2, 0) is 0 Å². The van der Waals surface area contributed by atoms with Crippen LogP contribution >= 0.6 is 0 Å². The highest BCUT2D eigenvalue weighted by Gasteiger charge is 2.21. The zero-order valence-corrected chi connectivity index (χ0v) is 9.27. The van der Waals surface area contributed by atoms with Gasteiger partial charge in [-0.25, -0.2) is 0 Å². The van der Waals surface area contributed by atoms with Gasteiger partial charge in [-0.1, -0.05) is 55.0 Å². The van der Waals surface area contributed by atoms with Gasteiger partial charge in [0.1, 0.15) is 0 Å².